The Morgan fingerprint density at radius 2 is 2.17 bits per heavy atom. The molecule has 0 aromatic heterocycles. The van der Waals surface area contributed by atoms with Crippen molar-refractivity contribution in [3.8, 4) is 0 Å². The molecule has 0 heterocycles. The van der Waals surface area contributed by atoms with Crippen molar-refractivity contribution in [2.45, 2.75) is 6.92 Å². The van der Waals surface area contributed by atoms with Gasteiger partial charge in [0, 0.05) is 5.57 Å². The Bertz CT molecular complexity index is 156. The predicted molar refractivity (Wildman–Crippen MR) is 49.0 cm³/mol. The lowest BCUT2D eigenvalue weighted by Crippen LogP contribution is -1.92. The van der Waals surface area contributed by atoms with Gasteiger partial charge >= 0.3 is 5.97 Å². The number of hydrogen-bond donors (Lipinski definition) is 1. The van der Waals surface area contributed by atoms with Crippen molar-refractivity contribution in [2.75, 3.05) is 6.61 Å². The molecule has 1 atom stereocenters. The minimum absolute atomic E-state index is 0.176. The first-order valence-electron chi connectivity index (χ1n) is 3.11. The smallest absolute Gasteiger partial charge is 0.330 e. The van der Waals surface area contributed by atoms with Gasteiger partial charge in [-0.3, -0.25) is 4.57 Å². The Labute approximate surface area is 72.8 Å². The number of rotatable bonds is 4. The zero-order valence-corrected chi connectivity index (χ0v) is 8.10. The van der Waals surface area contributed by atoms with E-state index in [9.17, 15) is 9.36 Å². The van der Waals surface area contributed by atoms with Crippen LogP contribution in [0.4, 0.5) is 0 Å². The molecule has 0 aliphatic heterocycles. The molecule has 5 heteroatoms. The number of hydrogen-bond acceptors (Lipinski definition) is 3. The minimum atomic E-state index is -1.04. The largest absolute Gasteiger partial charge is 0.478 e. The van der Waals surface area contributed by atoms with Crippen LogP contribution in [0.1, 0.15) is 6.92 Å². The summed E-state index contributed by atoms with van der Waals surface area (Å²) in [6, 6.07) is 0. The summed E-state index contributed by atoms with van der Waals surface area (Å²) >= 11 is 0. The van der Waals surface area contributed by atoms with E-state index in [1.165, 1.54) is 6.92 Å². The Morgan fingerprint density at radius 1 is 1.75 bits per heavy atom. The summed E-state index contributed by atoms with van der Waals surface area (Å²) in [6.07, 6.45) is 1.56. The molecule has 0 bridgehead atoms. The van der Waals surface area contributed by atoms with Crippen molar-refractivity contribution in [2.24, 2.45) is 0 Å². The normalized spacial score (nSPS) is 8.75. The standard InChI is InChI=1S/C4H6O2.C3H7O2P/c1-3(2)4(5)6;1-2-3-5-6-4/h1H2,2H3,(H,5,6);2H,1,3,6H2. The first kappa shape index (κ1) is 13.7. The van der Waals surface area contributed by atoms with Crippen LogP contribution in [0.3, 0.4) is 0 Å². The van der Waals surface area contributed by atoms with Crippen LogP contribution in [0.15, 0.2) is 24.8 Å². The van der Waals surface area contributed by atoms with Gasteiger partial charge in [0.1, 0.15) is 0 Å². The van der Waals surface area contributed by atoms with Crippen molar-refractivity contribution in [1.82, 2.24) is 0 Å². The summed E-state index contributed by atoms with van der Waals surface area (Å²) in [6.45, 7) is 8.35. The Kier molecular flexibility index (Phi) is 11.6. The van der Waals surface area contributed by atoms with Crippen LogP contribution < -0.4 is 0 Å². The summed E-state index contributed by atoms with van der Waals surface area (Å²) in [5.74, 6) is -0.935. The molecule has 0 spiro atoms. The molecular weight excluding hydrogens is 179 g/mol. The van der Waals surface area contributed by atoms with Crippen molar-refractivity contribution < 1.29 is 19.0 Å². The highest BCUT2D eigenvalue weighted by atomic mass is 31.1. The maximum atomic E-state index is 9.60. The lowest BCUT2D eigenvalue weighted by molar-refractivity contribution is -0.132. The van der Waals surface area contributed by atoms with E-state index in [0.717, 1.165) is 0 Å². The Morgan fingerprint density at radius 3 is 2.25 bits per heavy atom. The Hall–Kier alpha value is -0.860. The number of carboxylic acid groups (broad SMARTS) is 1. The van der Waals surface area contributed by atoms with Gasteiger partial charge in [0.15, 0.2) is 8.69 Å². The van der Waals surface area contributed by atoms with Crippen molar-refractivity contribution in [1.29, 1.82) is 0 Å². The second-order valence-electron chi connectivity index (χ2n) is 1.80. The molecule has 0 radical (unpaired) electrons. The predicted octanol–water partition coefficient (Wildman–Crippen LogP) is 1.51. The zero-order valence-electron chi connectivity index (χ0n) is 6.95. The van der Waals surface area contributed by atoms with E-state index < -0.39 is 14.7 Å². The van der Waals surface area contributed by atoms with E-state index in [1.807, 2.05) is 0 Å². The highest BCUT2D eigenvalue weighted by Crippen LogP contribution is 1.90. The van der Waals surface area contributed by atoms with Crippen LogP contribution >= 0.6 is 8.69 Å². The van der Waals surface area contributed by atoms with Gasteiger partial charge in [-0.1, -0.05) is 12.7 Å². The molecule has 0 rings (SSSR count). The summed E-state index contributed by atoms with van der Waals surface area (Å²) in [4.78, 5) is 9.60. The molecule has 1 N–H and O–H groups in total. The first-order chi connectivity index (χ1) is 5.56. The van der Waals surface area contributed by atoms with Crippen LogP contribution in [0.5, 0.6) is 0 Å². The fourth-order valence-electron chi connectivity index (χ4n) is 0.107. The lowest BCUT2D eigenvalue weighted by Gasteiger charge is -1.79. The van der Waals surface area contributed by atoms with Crippen molar-refractivity contribution >= 4 is 14.7 Å². The van der Waals surface area contributed by atoms with Crippen LogP contribution in [-0.4, -0.2) is 17.7 Å². The van der Waals surface area contributed by atoms with Gasteiger partial charge in [-0.15, -0.1) is 6.58 Å². The van der Waals surface area contributed by atoms with Gasteiger partial charge in [-0.2, -0.15) is 0 Å². The highest BCUT2D eigenvalue weighted by Gasteiger charge is 1.90. The topological polar surface area (TPSA) is 63.6 Å². The van der Waals surface area contributed by atoms with Gasteiger partial charge in [0.05, 0.1) is 6.61 Å². The highest BCUT2D eigenvalue weighted by molar-refractivity contribution is 7.17. The molecule has 1 unspecified atom stereocenters. The van der Waals surface area contributed by atoms with Crippen LogP contribution in [0, 0.1) is 0 Å². The molecule has 0 amide bonds. The van der Waals surface area contributed by atoms with Gasteiger partial charge in [0.2, 0.25) is 0 Å². The molecular formula is C7H13O4P. The fourth-order valence-corrected chi connectivity index (χ4v) is 0.322. The Balaban J connectivity index is 0. The summed E-state index contributed by atoms with van der Waals surface area (Å²) in [5, 5.41) is 7.89. The van der Waals surface area contributed by atoms with Gasteiger partial charge in [0.25, 0.3) is 0 Å². The maximum Gasteiger partial charge on any atom is 0.330 e. The van der Waals surface area contributed by atoms with Crippen LogP contribution in [0.2, 0.25) is 0 Å². The third-order valence-electron chi connectivity index (χ3n) is 0.647. The molecule has 0 fully saturated rings. The number of aliphatic carboxylic acids is 1. The van der Waals surface area contributed by atoms with Gasteiger partial charge < -0.3 is 9.63 Å². The number of carbonyl (C=O) groups is 1. The molecule has 70 valence electrons. The van der Waals surface area contributed by atoms with E-state index in [0.29, 0.717) is 6.61 Å². The van der Waals surface area contributed by atoms with E-state index in [2.05, 4.69) is 17.7 Å². The molecule has 0 saturated heterocycles. The zero-order chi connectivity index (χ0) is 9.98. The average Bonchev–Trinajstić information content (AvgIpc) is 2.02. The van der Waals surface area contributed by atoms with Gasteiger partial charge in [-0.25, -0.2) is 4.79 Å². The fraction of sp³-hybridized carbons (Fsp3) is 0.286. The average molecular weight is 192 g/mol. The van der Waals surface area contributed by atoms with Crippen LogP contribution in [0.25, 0.3) is 0 Å². The second-order valence-corrected chi connectivity index (χ2v) is 2.33. The summed E-state index contributed by atoms with van der Waals surface area (Å²) in [7, 11) is -1.04. The molecule has 0 aliphatic carbocycles. The van der Waals surface area contributed by atoms with E-state index in [1.54, 1.807) is 6.08 Å². The molecule has 12 heavy (non-hydrogen) atoms. The first-order valence-corrected chi connectivity index (χ1v) is 4.05. The SMILES string of the molecule is C=C(C)C(=O)O.C=CCO[PH2]=O. The molecule has 0 aliphatic rings. The van der Waals surface area contributed by atoms with E-state index >= 15 is 0 Å². The minimum Gasteiger partial charge on any atom is -0.478 e. The number of carboxylic acids is 1. The molecule has 0 aromatic carbocycles. The molecule has 4 nitrogen and oxygen atoms in total. The third kappa shape index (κ3) is 16.1. The molecule has 0 aromatic rings. The molecule has 0 saturated carbocycles. The maximum absolute atomic E-state index is 9.60. The monoisotopic (exact) mass is 192 g/mol. The van der Waals surface area contributed by atoms with Crippen LogP contribution in [-0.2, 0) is 13.9 Å². The second kappa shape index (κ2) is 10.1. The quantitative estimate of drug-likeness (QED) is 0.317. The van der Waals surface area contributed by atoms with Crippen molar-refractivity contribution in [3.05, 3.63) is 24.8 Å². The van der Waals surface area contributed by atoms with Gasteiger partial charge in [-0.05, 0) is 6.92 Å². The summed E-state index contributed by atoms with van der Waals surface area (Å²) < 4.78 is 13.9. The summed E-state index contributed by atoms with van der Waals surface area (Å²) in [5.41, 5.74) is 0.176. The third-order valence-corrected chi connectivity index (χ3v) is 0.976. The van der Waals surface area contributed by atoms with E-state index in [-0.39, 0.29) is 5.57 Å². The van der Waals surface area contributed by atoms with Crippen molar-refractivity contribution in [3.63, 3.8) is 0 Å². The van der Waals surface area contributed by atoms with E-state index in [4.69, 9.17) is 5.11 Å². The lowest BCUT2D eigenvalue weighted by atomic mass is 10.4.